The molecule has 0 aliphatic rings. The second kappa shape index (κ2) is 5.71. The van der Waals surface area contributed by atoms with E-state index < -0.39 is 4.92 Å². The van der Waals surface area contributed by atoms with Crippen molar-refractivity contribution < 1.29 is 4.92 Å². The Morgan fingerprint density at radius 2 is 2.32 bits per heavy atom. The zero-order chi connectivity index (χ0) is 13.8. The van der Waals surface area contributed by atoms with E-state index in [1.165, 1.54) is 18.2 Å². The van der Waals surface area contributed by atoms with Gasteiger partial charge in [-0.3, -0.25) is 14.8 Å². The Morgan fingerprint density at radius 1 is 1.53 bits per heavy atom. The molecule has 0 fully saturated rings. The summed E-state index contributed by atoms with van der Waals surface area (Å²) in [5.41, 5.74) is 1.54. The lowest BCUT2D eigenvalue weighted by Crippen LogP contribution is -2.00. The number of halogens is 1. The first-order valence-corrected chi connectivity index (χ1v) is 6.17. The van der Waals surface area contributed by atoms with E-state index in [-0.39, 0.29) is 5.69 Å². The number of non-ortho nitro benzene ring substituents is 1. The van der Waals surface area contributed by atoms with E-state index in [1.54, 1.807) is 6.20 Å². The van der Waals surface area contributed by atoms with Crippen LogP contribution in [0.3, 0.4) is 0 Å². The molecule has 1 aromatic heterocycles. The quantitative estimate of drug-likeness (QED) is 0.675. The number of nitro benzene ring substituents is 1. The summed E-state index contributed by atoms with van der Waals surface area (Å²) in [6, 6.07) is 4.31. The van der Waals surface area contributed by atoms with Crippen molar-refractivity contribution in [2.75, 3.05) is 5.32 Å². The molecule has 0 amide bonds. The maximum Gasteiger partial charge on any atom is 0.271 e. The third-order valence-electron chi connectivity index (χ3n) is 2.65. The first kappa shape index (κ1) is 13.4. The van der Waals surface area contributed by atoms with Gasteiger partial charge in [0.15, 0.2) is 0 Å². The van der Waals surface area contributed by atoms with Gasteiger partial charge in [0.2, 0.25) is 0 Å². The van der Waals surface area contributed by atoms with E-state index in [9.17, 15) is 10.1 Å². The van der Waals surface area contributed by atoms with E-state index in [1.807, 2.05) is 17.8 Å². The van der Waals surface area contributed by atoms with Gasteiger partial charge in [-0.05, 0) is 13.0 Å². The van der Waals surface area contributed by atoms with Crippen molar-refractivity contribution in [1.29, 1.82) is 0 Å². The van der Waals surface area contributed by atoms with Gasteiger partial charge in [-0.1, -0.05) is 11.6 Å². The lowest BCUT2D eigenvalue weighted by atomic mass is 10.2. The molecule has 1 N–H and O–H groups in total. The van der Waals surface area contributed by atoms with Crippen LogP contribution in [0.25, 0.3) is 0 Å². The van der Waals surface area contributed by atoms with Crippen LogP contribution in [-0.4, -0.2) is 14.7 Å². The number of nitrogens with one attached hydrogen (secondary N) is 1. The van der Waals surface area contributed by atoms with E-state index in [2.05, 4.69) is 10.4 Å². The van der Waals surface area contributed by atoms with Crippen LogP contribution in [-0.2, 0) is 13.1 Å². The predicted molar refractivity (Wildman–Crippen MR) is 73.3 cm³/mol. The number of benzene rings is 1. The summed E-state index contributed by atoms with van der Waals surface area (Å²) < 4.78 is 1.81. The highest BCUT2D eigenvalue weighted by Crippen LogP contribution is 2.27. The first-order valence-electron chi connectivity index (χ1n) is 5.79. The number of aryl methyl sites for hydroxylation is 1. The van der Waals surface area contributed by atoms with Crippen LogP contribution < -0.4 is 5.32 Å². The fraction of sp³-hybridized carbons (Fsp3) is 0.250. The van der Waals surface area contributed by atoms with Gasteiger partial charge < -0.3 is 5.32 Å². The van der Waals surface area contributed by atoms with Gasteiger partial charge in [-0.15, -0.1) is 0 Å². The van der Waals surface area contributed by atoms with Crippen LogP contribution in [0.2, 0.25) is 5.02 Å². The molecule has 6 nitrogen and oxygen atoms in total. The second-order valence-corrected chi connectivity index (χ2v) is 4.39. The third-order valence-corrected chi connectivity index (χ3v) is 2.98. The van der Waals surface area contributed by atoms with Gasteiger partial charge in [0.25, 0.3) is 5.69 Å². The molecule has 0 saturated carbocycles. The molecule has 0 saturated heterocycles. The summed E-state index contributed by atoms with van der Waals surface area (Å²) >= 11 is 5.99. The predicted octanol–water partition coefficient (Wildman–Crippen LogP) is 3.08. The van der Waals surface area contributed by atoms with E-state index in [4.69, 9.17) is 11.6 Å². The summed E-state index contributed by atoms with van der Waals surface area (Å²) in [5.74, 6) is 0. The molecule has 19 heavy (non-hydrogen) atoms. The van der Waals surface area contributed by atoms with Gasteiger partial charge in [-0.25, -0.2) is 0 Å². The maximum atomic E-state index is 10.7. The van der Waals surface area contributed by atoms with Gasteiger partial charge in [0.05, 0.1) is 21.8 Å². The Labute approximate surface area is 115 Å². The van der Waals surface area contributed by atoms with E-state index >= 15 is 0 Å². The van der Waals surface area contributed by atoms with Gasteiger partial charge in [0, 0.05) is 37.0 Å². The molecule has 0 spiro atoms. The number of anilines is 1. The lowest BCUT2D eigenvalue weighted by molar-refractivity contribution is -0.384. The Hall–Kier alpha value is -2.08. The van der Waals surface area contributed by atoms with Crippen LogP contribution in [0.4, 0.5) is 11.4 Å². The average molecular weight is 281 g/mol. The second-order valence-electron chi connectivity index (χ2n) is 3.98. The SMILES string of the molecule is CCn1cc(CNc2cc([N+](=O)[O-])ccc2Cl)cn1. The number of hydrogen-bond donors (Lipinski definition) is 1. The Kier molecular flexibility index (Phi) is 4.01. The van der Waals surface area contributed by atoms with E-state index in [0.29, 0.717) is 17.3 Å². The molecule has 2 rings (SSSR count). The molecule has 100 valence electrons. The van der Waals surface area contributed by atoms with Crippen molar-refractivity contribution in [1.82, 2.24) is 9.78 Å². The number of rotatable bonds is 5. The standard InChI is InChI=1S/C12H13ClN4O2/c1-2-16-8-9(7-15-16)6-14-12-5-10(17(18)19)3-4-11(12)13/h3-5,7-8,14H,2,6H2,1H3. The Morgan fingerprint density at radius 3 is 2.95 bits per heavy atom. The van der Waals surface area contributed by atoms with Crippen LogP contribution in [0, 0.1) is 10.1 Å². The summed E-state index contributed by atoms with van der Waals surface area (Å²) in [5, 5.41) is 18.4. The maximum absolute atomic E-state index is 10.7. The molecule has 0 unspecified atom stereocenters. The van der Waals surface area contributed by atoms with Gasteiger partial charge in [0.1, 0.15) is 0 Å². The monoisotopic (exact) mass is 280 g/mol. The Bertz CT molecular complexity index is 597. The summed E-state index contributed by atoms with van der Waals surface area (Å²) in [6.07, 6.45) is 3.67. The Balaban J connectivity index is 2.10. The van der Waals surface area contributed by atoms with Crippen molar-refractivity contribution in [3.05, 3.63) is 51.3 Å². The van der Waals surface area contributed by atoms with Crippen molar-refractivity contribution in [3.8, 4) is 0 Å². The number of aromatic nitrogens is 2. The zero-order valence-corrected chi connectivity index (χ0v) is 11.1. The summed E-state index contributed by atoms with van der Waals surface area (Å²) in [4.78, 5) is 10.3. The minimum atomic E-state index is -0.448. The highest BCUT2D eigenvalue weighted by Gasteiger charge is 2.09. The number of nitrogens with zero attached hydrogens (tertiary/aromatic N) is 3. The molecule has 2 aromatic rings. The molecule has 1 aromatic carbocycles. The number of nitro groups is 1. The lowest BCUT2D eigenvalue weighted by Gasteiger charge is -2.06. The molecule has 0 radical (unpaired) electrons. The highest BCUT2D eigenvalue weighted by atomic mass is 35.5. The molecule has 0 aliphatic heterocycles. The normalized spacial score (nSPS) is 10.4. The molecular formula is C12H13ClN4O2. The molecule has 1 heterocycles. The average Bonchev–Trinajstić information content (AvgIpc) is 2.85. The van der Waals surface area contributed by atoms with Crippen molar-refractivity contribution in [2.24, 2.45) is 0 Å². The smallest absolute Gasteiger partial charge is 0.271 e. The number of hydrogen-bond acceptors (Lipinski definition) is 4. The van der Waals surface area contributed by atoms with E-state index in [0.717, 1.165) is 12.1 Å². The van der Waals surface area contributed by atoms with Crippen LogP contribution in [0.15, 0.2) is 30.6 Å². The largest absolute Gasteiger partial charge is 0.379 e. The van der Waals surface area contributed by atoms with Crippen LogP contribution >= 0.6 is 11.6 Å². The van der Waals surface area contributed by atoms with Crippen molar-refractivity contribution in [3.63, 3.8) is 0 Å². The summed E-state index contributed by atoms with van der Waals surface area (Å²) in [7, 11) is 0. The first-order chi connectivity index (χ1) is 9.10. The molecular weight excluding hydrogens is 268 g/mol. The minimum Gasteiger partial charge on any atom is -0.379 e. The molecule has 0 bridgehead atoms. The highest BCUT2D eigenvalue weighted by molar-refractivity contribution is 6.33. The summed E-state index contributed by atoms with van der Waals surface area (Å²) in [6.45, 7) is 3.32. The molecule has 7 heteroatoms. The van der Waals surface area contributed by atoms with Crippen molar-refractivity contribution in [2.45, 2.75) is 20.0 Å². The fourth-order valence-corrected chi connectivity index (χ4v) is 1.81. The topological polar surface area (TPSA) is 73.0 Å². The fourth-order valence-electron chi connectivity index (χ4n) is 1.63. The van der Waals surface area contributed by atoms with Crippen LogP contribution in [0.1, 0.15) is 12.5 Å². The zero-order valence-electron chi connectivity index (χ0n) is 10.3. The van der Waals surface area contributed by atoms with Crippen LogP contribution in [0.5, 0.6) is 0 Å². The molecule has 0 atom stereocenters. The van der Waals surface area contributed by atoms with Crippen molar-refractivity contribution >= 4 is 23.0 Å². The van der Waals surface area contributed by atoms with Gasteiger partial charge >= 0.3 is 0 Å². The third kappa shape index (κ3) is 3.23. The van der Waals surface area contributed by atoms with Gasteiger partial charge in [-0.2, -0.15) is 5.10 Å². The molecule has 0 aliphatic carbocycles. The minimum absolute atomic E-state index is 0.0103.